The van der Waals surface area contributed by atoms with Crippen LogP contribution in [0.1, 0.15) is 18.1 Å². The molecule has 0 unspecified atom stereocenters. The fourth-order valence-electron chi connectivity index (χ4n) is 1.27. The highest BCUT2D eigenvalue weighted by molar-refractivity contribution is 9.10. The predicted octanol–water partition coefficient (Wildman–Crippen LogP) is 3.44. The van der Waals surface area contributed by atoms with E-state index in [-0.39, 0.29) is 21.4 Å². The van der Waals surface area contributed by atoms with Gasteiger partial charge in [-0.25, -0.2) is 0 Å². The fraction of sp³-hybridized carbons (Fsp3) is 0.222. The van der Waals surface area contributed by atoms with Crippen molar-refractivity contribution in [3.8, 4) is 0 Å². The van der Waals surface area contributed by atoms with Gasteiger partial charge in [0, 0.05) is 21.4 Å². The van der Waals surface area contributed by atoms with Crippen molar-refractivity contribution in [3.05, 3.63) is 27.7 Å². The summed E-state index contributed by atoms with van der Waals surface area (Å²) in [4.78, 5) is 0. The average molecular weight is 281 g/mol. The molecule has 1 aromatic rings. The van der Waals surface area contributed by atoms with E-state index in [4.69, 9.17) is 11.1 Å². The summed E-state index contributed by atoms with van der Waals surface area (Å²) in [5, 5.41) is 7.27. The molecule has 0 bridgehead atoms. The molecule has 6 heteroatoms. The van der Waals surface area contributed by atoms with Crippen LogP contribution in [0, 0.1) is 5.41 Å². The maximum Gasteiger partial charge on any atom is 0.417 e. The molecule has 2 nitrogen and oxygen atoms in total. The highest BCUT2D eigenvalue weighted by Crippen LogP contribution is 2.36. The molecule has 0 fully saturated rings. The molecule has 3 N–H and O–H groups in total. The van der Waals surface area contributed by atoms with Gasteiger partial charge in [0.25, 0.3) is 0 Å². The first-order chi connectivity index (χ1) is 6.73. The molecular formula is C9H8BrF3N2. The summed E-state index contributed by atoms with van der Waals surface area (Å²) in [5.41, 5.74) is 4.05. The van der Waals surface area contributed by atoms with Crippen LogP contribution in [0.25, 0.3) is 0 Å². The molecule has 0 atom stereocenters. The summed E-state index contributed by atoms with van der Waals surface area (Å²) in [7, 11) is 0. The maximum absolute atomic E-state index is 12.6. The predicted molar refractivity (Wildman–Crippen MR) is 56.1 cm³/mol. The normalized spacial score (nSPS) is 11.5. The van der Waals surface area contributed by atoms with Crippen molar-refractivity contribution in [1.29, 1.82) is 5.41 Å². The van der Waals surface area contributed by atoms with Crippen LogP contribution in [0.4, 0.5) is 18.9 Å². The second-order valence-corrected chi connectivity index (χ2v) is 3.96. The Kier molecular flexibility index (Phi) is 3.08. The number of anilines is 1. The molecule has 1 aromatic carbocycles. The summed E-state index contributed by atoms with van der Waals surface area (Å²) in [6.45, 7) is 1.27. The molecule has 0 aliphatic carbocycles. The first-order valence-corrected chi connectivity index (χ1v) is 4.74. The third-order valence-corrected chi connectivity index (χ3v) is 2.27. The number of alkyl halides is 3. The molecule has 0 spiro atoms. The molecular weight excluding hydrogens is 273 g/mol. The Morgan fingerprint density at radius 2 is 1.93 bits per heavy atom. The van der Waals surface area contributed by atoms with Crippen LogP contribution in [0.2, 0.25) is 0 Å². The summed E-state index contributed by atoms with van der Waals surface area (Å²) in [6, 6.07) is 2.27. The number of benzene rings is 1. The lowest BCUT2D eigenvalue weighted by atomic mass is 10.0. The van der Waals surface area contributed by atoms with Crippen molar-refractivity contribution in [1.82, 2.24) is 0 Å². The van der Waals surface area contributed by atoms with E-state index in [1.165, 1.54) is 13.0 Å². The average Bonchev–Trinajstić information content (AvgIpc) is 1.99. The van der Waals surface area contributed by atoms with E-state index < -0.39 is 11.7 Å². The number of halogens is 4. The third-order valence-electron chi connectivity index (χ3n) is 1.81. The van der Waals surface area contributed by atoms with Gasteiger partial charge in [0.15, 0.2) is 0 Å². The standard InChI is InChI=1S/C9H8BrF3N2/c1-4(14)8-6(9(11,12)13)2-5(10)3-7(8)15/h2-3,14H,15H2,1H3. The summed E-state index contributed by atoms with van der Waals surface area (Å²) >= 11 is 2.94. The number of rotatable bonds is 1. The first kappa shape index (κ1) is 12.0. The van der Waals surface area contributed by atoms with Gasteiger partial charge in [-0.05, 0) is 19.1 Å². The topological polar surface area (TPSA) is 49.9 Å². The molecule has 0 amide bonds. The van der Waals surface area contributed by atoms with Crippen LogP contribution in [0.3, 0.4) is 0 Å². The van der Waals surface area contributed by atoms with Crippen LogP contribution in [0.5, 0.6) is 0 Å². The van der Waals surface area contributed by atoms with Gasteiger partial charge in [0.2, 0.25) is 0 Å². The molecule has 0 radical (unpaired) electrons. The Morgan fingerprint density at radius 3 is 2.33 bits per heavy atom. The van der Waals surface area contributed by atoms with E-state index >= 15 is 0 Å². The van der Waals surface area contributed by atoms with E-state index in [0.29, 0.717) is 0 Å². The molecule has 1 rings (SSSR count). The molecule has 82 valence electrons. The van der Waals surface area contributed by atoms with Crippen molar-refractivity contribution >= 4 is 27.3 Å². The Labute approximate surface area is 92.9 Å². The molecule has 0 aliphatic heterocycles. The van der Waals surface area contributed by atoms with Gasteiger partial charge < -0.3 is 11.1 Å². The molecule has 0 saturated heterocycles. The molecule has 0 saturated carbocycles. The fourth-order valence-corrected chi connectivity index (χ4v) is 1.75. The number of nitrogen functional groups attached to an aromatic ring is 1. The molecule has 0 aliphatic rings. The van der Waals surface area contributed by atoms with Crippen LogP contribution in [-0.2, 0) is 6.18 Å². The number of hydrogen-bond donors (Lipinski definition) is 2. The highest BCUT2D eigenvalue weighted by Gasteiger charge is 2.35. The Balaban J connectivity index is 3.54. The monoisotopic (exact) mass is 280 g/mol. The second kappa shape index (κ2) is 3.84. The molecule has 0 heterocycles. The van der Waals surface area contributed by atoms with E-state index in [1.807, 2.05) is 0 Å². The molecule has 15 heavy (non-hydrogen) atoms. The largest absolute Gasteiger partial charge is 0.417 e. The van der Waals surface area contributed by atoms with Crippen molar-refractivity contribution in [2.24, 2.45) is 0 Å². The van der Waals surface area contributed by atoms with Gasteiger partial charge in [0.05, 0.1) is 5.56 Å². The summed E-state index contributed by atoms with van der Waals surface area (Å²) < 4.78 is 38.0. The number of nitrogens with two attached hydrogens (primary N) is 1. The van der Waals surface area contributed by atoms with Crippen LogP contribution in [0.15, 0.2) is 16.6 Å². The lowest BCUT2D eigenvalue weighted by Gasteiger charge is -2.14. The summed E-state index contributed by atoms with van der Waals surface area (Å²) in [5.74, 6) is 0. The maximum atomic E-state index is 12.6. The minimum Gasteiger partial charge on any atom is -0.398 e. The van der Waals surface area contributed by atoms with Gasteiger partial charge in [0.1, 0.15) is 0 Å². The highest BCUT2D eigenvalue weighted by atomic mass is 79.9. The first-order valence-electron chi connectivity index (χ1n) is 3.95. The number of hydrogen-bond acceptors (Lipinski definition) is 2. The van der Waals surface area contributed by atoms with Gasteiger partial charge in [-0.2, -0.15) is 13.2 Å². The van der Waals surface area contributed by atoms with Gasteiger partial charge in [-0.3, -0.25) is 0 Å². The summed E-state index contributed by atoms with van der Waals surface area (Å²) in [6.07, 6.45) is -4.50. The van der Waals surface area contributed by atoms with Gasteiger partial charge >= 0.3 is 6.18 Å². The zero-order valence-corrected chi connectivity index (χ0v) is 9.33. The van der Waals surface area contributed by atoms with Crippen molar-refractivity contribution in [3.63, 3.8) is 0 Å². The van der Waals surface area contributed by atoms with Gasteiger partial charge in [-0.1, -0.05) is 15.9 Å². The minimum atomic E-state index is -4.50. The zero-order valence-electron chi connectivity index (χ0n) is 7.74. The van der Waals surface area contributed by atoms with Crippen molar-refractivity contribution in [2.75, 3.05) is 5.73 Å². The lowest BCUT2D eigenvalue weighted by Crippen LogP contribution is -2.14. The Morgan fingerprint density at radius 1 is 1.40 bits per heavy atom. The van der Waals surface area contributed by atoms with E-state index in [1.54, 1.807) is 0 Å². The molecule has 0 aromatic heterocycles. The Hall–Kier alpha value is -1.04. The van der Waals surface area contributed by atoms with Crippen LogP contribution >= 0.6 is 15.9 Å². The van der Waals surface area contributed by atoms with Crippen LogP contribution in [-0.4, -0.2) is 5.71 Å². The quantitative estimate of drug-likeness (QED) is 0.601. The van der Waals surface area contributed by atoms with E-state index in [9.17, 15) is 13.2 Å². The smallest absolute Gasteiger partial charge is 0.398 e. The minimum absolute atomic E-state index is 0.0517. The third kappa shape index (κ3) is 2.50. The van der Waals surface area contributed by atoms with E-state index in [2.05, 4.69) is 15.9 Å². The SMILES string of the molecule is CC(=N)c1c(N)cc(Br)cc1C(F)(F)F. The van der Waals surface area contributed by atoms with Crippen molar-refractivity contribution in [2.45, 2.75) is 13.1 Å². The number of nitrogens with one attached hydrogen (secondary N) is 1. The van der Waals surface area contributed by atoms with Crippen LogP contribution < -0.4 is 5.73 Å². The van der Waals surface area contributed by atoms with Gasteiger partial charge in [-0.15, -0.1) is 0 Å². The second-order valence-electron chi connectivity index (χ2n) is 3.04. The van der Waals surface area contributed by atoms with Crippen molar-refractivity contribution < 1.29 is 13.2 Å². The zero-order chi connectivity index (χ0) is 11.8. The Bertz CT molecular complexity index is 413. The lowest BCUT2D eigenvalue weighted by molar-refractivity contribution is -0.137. The van der Waals surface area contributed by atoms with E-state index in [0.717, 1.165) is 6.07 Å².